The summed E-state index contributed by atoms with van der Waals surface area (Å²) in [5.41, 5.74) is -1.60. The molecule has 4 nitrogen and oxygen atoms in total. The fourth-order valence-electron chi connectivity index (χ4n) is 1.93. The second kappa shape index (κ2) is 6.22. The molecule has 0 saturated carbocycles. The number of rotatable bonds is 4. The van der Waals surface area contributed by atoms with Gasteiger partial charge in [-0.15, -0.1) is 11.3 Å². The number of halogens is 2. The highest BCUT2D eigenvalue weighted by Crippen LogP contribution is 2.24. The molecule has 0 saturated heterocycles. The molecule has 2 aromatic rings. The first-order valence-corrected chi connectivity index (χ1v) is 7.17. The summed E-state index contributed by atoms with van der Waals surface area (Å²) in [4.78, 5) is 12.2. The van der Waals surface area contributed by atoms with Crippen molar-refractivity contribution in [2.45, 2.75) is 12.5 Å². The van der Waals surface area contributed by atoms with Gasteiger partial charge in [0.25, 0.3) is 5.91 Å². The van der Waals surface area contributed by atoms with Gasteiger partial charge >= 0.3 is 0 Å². The molecular formula is C15H12F2N2O2S. The monoisotopic (exact) mass is 322 g/mol. The molecule has 0 radical (unpaired) electrons. The van der Waals surface area contributed by atoms with Gasteiger partial charge in [0.05, 0.1) is 12.1 Å². The van der Waals surface area contributed by atoms with Crippen molar-refractivity contribution in [3.63, 3.8) is 0 Å². The summed E-state index contributed by atoms with van der Waals surface area (Å²) < 4.78 is 26.6. The maximum absolute atomic E-state index is 13.7. The van der Waals surface area contributed by atoms with E-state index in [2.05, 4.69) is 5.32 Å². The number of hydrogen-bond donors (Lipinski definition) is 2. The second-order valence-corrected chi connectivity index (χ2v) is 5.77. The van der Waals surface area contributed by atoms with E-state index in [0.717, 1.165) is 23.5 Å². The van der Waals surface area contributed by atoms with Gasteiger partial charge in [0, 0.05) is 11.6 Å². The highest BCUT2D eigenvalue weighted by atomic mass is 32.1. The smallest absolute Gasteiger partial charge is 0.262 e. The van der Waals surface area contributed by atoms with Crippen molar-refractivity contribution >= 4 is 17.2 Å². The van der Waals surface area contributed by atoms with Crippen LogP contribution in [0, 0.1) is 23.0 Å². The molecule has 1 amide bonds. The Morgan fingerprint density at radius 1 is 1.45 bits per heavy atom. The summed E-state index contributed by atoms with van der Waals surface area (Å²) in [5.74, 6) is -2.18. The van der Waals surface area contributed by atoms with Crippen LogP contribution in [0.15, 0.2) is 29.6 Å². The van der Waals surface area contributed by atoms with Gasteiger partial charge in [0.1, 0.15) is 28.2 Å². The van der Waals surface area contributed by atoms with Crippen LogP contribution in [-0.4, -0.2) is 17.6 Å². The van der Waals surface area contributed by atoms with E-state index in [1.165, 1.54) is 13.0 Å². The minimum absolute atomic E-state index is 0.124. The third kappa shape index (κ3) is 3.30. The molecule has 1 atom stereocenters. The largest absolute Gasteiger partial charge is 0.383 e. The number of carbonyl (C=O) groups is 1. The van der Waals surface area contributed by atoms with E-state index in [1.54, 1.807) is 5.38 Å². The zero-order chi connectivity index (χ0) is 16.3. The van der Waals surface area contributed by atoms with Crippen molar-refractivity contribution in [3.8, 4) is 6.07 Å². The Labute approximate surface area is 129 Å². The number of benzene rings is 1. The third-order valence-electron chi connectivity index (χ3n) is 3.10. The standard InChI is InChI=1S/C15H12F2N2O2S/c1-15(21,11-3-2-10(16)6-12(11)17)8-19-14(20)13-9(7-18)4-5-22-13/h2-6,21H,8H2,1H3,(H,19,20). The first-order chi connectivity index (χ1) is 10.3. The lowest BCUT2D eigenvalue weighted by Gasteiger charge is -2.24. The van der Waals surface area contributed by atoms with Crippen LogP contribution in [0.1, 0.15) is 27.7 Å². The molecule has 0 aliphatic carbocycles. The number of nitrogens with zero attached hydrogens (tertiary/aromatic N) is 1. The van der Waals surface area contributed by atoms with Gasteiger partial charge in [-0.05, 0) is 24.4 Å². The lowest BCUT2D eigenvalue weighted by atomic mass is 9.95. The summed E-state index contributed by atoms with van der Waals surface area (Å²) in [5, 5.41) is 23.2. The van der Waals surface area contributed by atoms with E-state index in [1.807, 2.05) is 6.07 Å². The zero-order valence-corrected chi connectivity index (χ0v) is 12.4. The fourth-order valence-corrected chi connectivity index (χ4v) is 2.69. The van der Waals surface area contributed by atoms with E-state index in [0.29, 0.717) is 6.07 Å². The van der Waals surface area contributed by atoms with Crippen LogP contribution < -0.4 is 5.32 Å². The Balaban J connectivity index is 2.13. The molecule has 0 bridgehead atoms. The Morgan fingerprint density at radius 3 is 2.82 bits per heavy atom. The van der Waals surface area contributed by atoms with Gasteiger partial charge in [-0.2, -0.15) is 5.26 Å². The number of thiophene rings is 1. The van der Waals surface area contributed by atoms with Gasteiger partial charge < -0.3 is 10.4 Å². The predicted molar refractivity (Wildman–Crippen MR) is 77.3 cm³/mol. The van der Waals surface area contributed by atoms with Gasteiger partial charge in [-0.25, -0.2) is 8.78 Å². The van der Waals surface area contributed by atoms with Crippen LogP contribution in [0.3, 0.4) is 0 Å². The van der Waals surface area contributed by atoms with Crippen molar-refractivity contribution < 1.29 is 18.7 Å². The number of aliphatic hydroxyl groups is 1. The summed E-state index contributed by atoms with van der Waals surface area (Å²) in [6.45, 7) is 1.03. The number of carbonyl (C=O) groups excluding carboxylic acids is 1. The summed E-state index contributed by atoms with van der Waals surface area (Å²) in [6.07, 6.45) is 0. The van der Waals surface area contributed by atoms with Crippen LogP contribution in [0.2, 0.25) is 0 Å². The minimum Gasteiger partial charge on any atom is -0.383 e. The fraction of sp³-hybridized carbons (Fsp3) is 0.200. The molecule has 1 heterocycles. The first-order valence-electron chi connectivity index (χ1n) is 6.29. The highest BCUT2D eigenvalue weighted by molar-refractivity contribution is 7.12. The molecule has 0 fully saturated rings. The minimum atomic E-state index is -1.71. The second-order valence-electron chi connectivity index (χ2n) is 4.86. The van der Waals surface area contributed by atoms with Gasteiger partial charge in [0.2, 0.25) is 0 Å². The maximum atomic E-state index is 13.7. The molecule has 7 heteroatoms. The van der Waals surface area contributed by atoms with E-state index in [-0.39, 0.29) is 22.5 Å². The summed E-state index contributed by atoms with van der Waals surface area (Å²) in [6, 6.07) is 6.22. The lowest BCUT2D eigenvalue weighted by molar-refractivity contribution is 0.0495. The summed E-state index contributed by atoms with van der Waals surface area (Å²) in [7, 11) is 0. The van der Waals surface area contributed by atoms with Gasteiger partial charge in [-0.3, -0.25) is 4.79 Å². The van der Waals surface area contributed by atoms with Crippen molar-refractivity contribution in [1.82, 2.24) is 5.32 Å². The van der Waals surface area contributed by atoms with E-state index in [9.17, 15) is 18.7 Å². The Morgan fingerprint density at radius 2 is 2.18 bits per heavy atom. The van der Waals surface area contributed by atoms with E-state index < -0.39 is 23.1 Å². The number of amides is 1. The SMILES string of the molecule is CC(O)(CNC(=O)c1sccc1C#N)c1ccc(F)cc1F. The van der Waals surface area contributed by atoms with E-state index >= 15 is 0 Å². The Kier molecular flexibility index (Phi) is 4.54. The van der Waals surface area contributed by atoms with Gasteiger partial charge in [0.15, 0.2) is 0 Å². The van der Waals surface area contributed by atoms with Crippen LogP contribution in [-0.2, 0) is 5.60 Å². The first kappa shape index (κ1) is 16.1. The number of nitriles is 1. The molecule has 0 aliphatic rings. The predicted octanol–water partition coefficient (Wildman–Crippen LogP) is 2.54. The topological polar surface area (TPSA) is 73.1 Å². The maximum Gasteiger partial charge on any atom is 0.262 e. The molecule has 2 N–H and O–H groups in total. The highest BCUT2D eigenvalue weighted by Gasteiger charge is 2.28. The van der Waals surface area contributed by atoms with Crippen LogP contribution >= 0.6 is 11.3 Å². The van der Waals surface area contributed by atoms with Crippen LogP contribution in [0.5, 0.6) is 0 Å². The molecule has 0 spiro atoms. The zero-order valence-electron chi connectivity index (χ0n) is 11.6. The summed E-state index contributed by atoms with van der Waals surface area (Å²) >= 11 is 1.09. The molecule has 0 aliphatic heterocycles. The van der Waals surface area contributed by atoms with Crippen LogP contribution in [0.25, 0.3) is 0 Å². The van der Waals surface area contributed by atoms with Crippen molar-refractivity contribution in [1.29, 1.82) is 5.26 Å². The Hall–Kier alpha value is -2.30. The molecular weight excluding hydrogens is 310 g/mol. The molecule has 2 rings (SSSR count). The lowest BCUT2D eigenvalue weighted by Crippen LogP contribution is -2.39. The number of hydrogen-bond acceptors (Lipinski definition) is 4. The van der Waals surface area contributed by atoms with E-state index in [4.69, 9.17) is 5.26 Å². The number of nitrogens with one attached hydrogen (secondary N) is 1. The van der Waals surface area contributed by atoms with Crippen molar-refractivity contribution in [2.75, 3.05) is 6.54 Å². The van der Waals surface area contributed by atoms with Crippen molar-refractivity contribution in [2.24, 2.45) is 0 Å². The normalized spacial score (nSPS) is 13.2. The molecule has 1 unspecified atom stereocenters. The quantitative estimate of drug-likeness (QED) is 0.908. The molecule has 1 aromatic heterocycles. The van der Waals surface area contributed by atoms with Gasteiger partial charge in [-0.1, -0.05) is 6.07 Å². The molecule has 114 valence electrons. The van der Waals surface area contributed by atoms with Crippen molar-refractivity contribution in [3.05, 3.63) is 57.3 Å². The molecule has 1 aromatic carbocycles. The third-order valence-corrected chi connectivity index (χ3v) is 4.01. The average molecular weight is 322 g/mol. The Bertz CT molecular complexity index is 750. The average Bonchev–Trinajstić information content (AvgIpc) is 2.93. The molecule has 22 heavy (non-hydrogen) atoms. The van der Waals surface area contributed by atoms with Crippen LogP contribution in [0.4, 0.5) is 8.78 Å².